The normalized spacial score (nSPS) is 12.0. The number of nitrogens with zero attached hydrogens (tertiary/aromatic N) is 2. The Labute approximate surface area is 120 Å². The number of aromatic nitrogens is 1. The molecule has 3 aromatic rings. The largest absolute Gasteiger partial charge is 0.508 e. The molecule has 2 N–H and O–H groups in total. The third-order valence-electron chi connectivity index (χ3n) is 3.39. The monoisotopic (exact) mass is 282 g/mol. The Morgan fingerprint density at radius 2 is 2.00 bits per heavy atom. The molecule has 0 saturated carbocycles. The van der Waals surface area contributed by atoms with Gasteiger partial charge in [-0.05, 0) is 37.6 Å². The van der Waals surface area contributed by atoms with Crippen LogP contribution in [0.25, 0.3) is 22.2 Å². The molecule has 1 aromatic carbocycles. The summed E-state index contributed by atoms with van der Waals surface area (Å²) in [5.74, 6) is 0.677. The van der Waals surface area contributed by atoms with Crippen molar-refractivity contribution in [1.82, 2.24) is 4.98 Å². The molecule has 0 radical (unpaired) electrons. The summed E-state index contributed by atoms with van der Waals surface area (Å²) < 4.78 is 5.78. The predicted octanol–water partition coefficient (Wildman–Crippen LogP) is 3.11. The maximum absolute atomic E-state index is 9.69. The first-order valence-corrected chi connectivity index (χ1v) is 6.48. The Bertz CT molecular complexity index is 883. The van der Waals surface area contributed by atoms with Crippen molar-refractivity contribution in [1.29, 1.82) is 0 Å². The summed E-state index contributed by atoms with van der Waals surface area (Å²) in [5.41, 5.74) is 2.54. The number of hydrogen-bond acceptors (Lipinski definition) is 5. The molecule has 0 aliphatic carbocycles. The molecule has 0 atom stereocenters. The van der Waals surface area contributed by atoms with Gasteiger partial charge in [-0.1, -0.05) is 11.2 Å². The van der Waals surface area contributed by atoms with E-state index in [1.807, 2.05) is 25.1 Å². The molecule has 0 spiro atoms. The van der Waals surface area contributed by atoms with E-state index >= 15 is 0 Å². The molecule has 106 valence electrons. The van der Waals surface area contributed by atoms with Gasteiger partial charge in [0.05, 0.1) is 16.6 Å². The van der Waals surface area contributed by atoms with Crippen molar-refractivity contribution in [3.05, 3.63) is 53.2 Å². The summed E-state index contributed by atoms with van der Waals surface area (Å²) >= 11 is 0. The quantitative estimate of drug-likeness (QED) is 0.531. The number of rotatable bonds is 1. The van der Waals surface area contributed by atoms with Gasteiger partial charge in [-0.2, -0.15) is 0 Å². The molecule has 0 unspecified atom stereocenters. The van der Waals surface area contributed by atoms with Crippen LogP contribution in [0.15, 0.2) is 46.1 Å². The van der Waals surface area contributed by atoms with Gasteiger partial charge in [-0.25, -0.2) is 0 Å². The summed E-state index contributed by atoms with van der Waals surface area (Å²) in [6.07, 6.45) is 1.67. The Kier molecular flexibility index (Phi) is 3.10. The highest BCUT2D eigenvalue weighted by atomic mass is 16.4. The van der Waals surface area contributed by atoms with Crippen LogP contribution in [0.1, 0.15) is 11.3 Å². The molecule has 2 aromatic heterocycles. The third-order valence-corrected chi connectivity index (χ3v) is 3.39. The summed E-state index contributed by atoms with van der Waals surface area (Å²) in [7, 11) is 0. The van der Waals surface area contributed by atoms with Gasteiger partial charge in [-0.15, -0.1) is 0 Å². The molecule has 0 bridgehead atoms. The maximum atomic E-state index is 9.69. The highest BCUT2D eigenvalue weighted by Gasteiger charge is 2.15. The van der Waals surface area contributed by atoms with Gasteiger partial charge in [-0.3, -0.25) is 4.98 Å². The van der Waals surface area contributed by atoms with Crippen LogP contribution in [-0.2, 0) is 0 Å². The van der Waals surface area contributed by atoms with Crippen LogP contribution in [0.2, 0.25) is 0 Å². The zero-order valence-corrected chi connectivity index (χ0v) is 11.7. The fourth-order valence-electron chi connectivity index (χ4n) is 2.54. The molecule has 0 amide bonds. The molecular weight excluding hydrogens is 268 g/mol. The van der Waals surface area contributed by atoms with E-state index in [4.69, 9.17) is 4.42 Å². The van der Waals surface area contributed by atoms with Crippen LogP contribution in [0.5, 0.6) is 5.75 Å². The van der Waals surface area contributed by atoms with E-state index in [9.17, 15) is 10.3 Å². The Hall–Kier alpha value is -2.82. The minimum absolute atomic E-state index is 0.109. The molecule has 0 aliphatic rings. The van der Waals surface area contributed by atoms with Gasteiger partial charge in [0, 0.05) is 12.3 Å². The smallest absolute Gasteiger partial charge is 0.140 e. The van der Waals surface area contributed by atoms with Crippen molar-refractivity contribution in [3.63, 3.8) is 0 Å². The molecule has 21 heavy (non-hydrogen) atoms. The molecule has 0 saturated heterocycles. The fourth-order valence-corrected chi connectivity index (χ4v) is 2.54. The second-order valence-corrected chi connectivity index (χ2v) is 4.83. The summed E-state index contributed by atoms with van der Waals surface area (Å²) in [6.45, 7) is 3.60. The van der Waals surface area contributed by atoms with Crippen molar-refractivity contribution in [2.45, 2.75) is 13.8 Å². The van der Waals surface area contributed by atoms with Gasteiger partial charge >= 0.3 is 0 Å². The highest BCUT2D eigenvalue weighted by molar-refractivity contribution is 5.85. The third kappa shape index (κ3) is 2.12. The Morgan fingerprint density at radius 1 is 1.19 bits per heavy atom. The number of aromatic hydroxyl groups is 1. The van der Waals surface area contributed by atoms with E-state index in [1.165, 1.54) is 6.07 Å². The first-order valence-electron chi connectivity index (χ1n) is 6.48. The van der Waals surface area contributed by atoms with E-state index in [0.717, 1.165) is 5.56 Å². The molecule has 3 rings (SSSR count). The van der Waals surface area contributed by atoms with E-state index < -0.39 is 0 Å². The topological polar surface area (TPSA) is 78.9 Å². The van der Waals surface area contributed by atoms with Gasteiger partial charge in [0.15, 0.2) is 0 Å². The summed E-state index contributed by atoms with van der Waals surface area (Å²) in [6, 6.07) is 8.61. The van der Waals surface area contributed by atoms with E-state index in [0.29, 0.717) is 33.3 Å². The van der Waals surface area contributed by atoms with Crippen LogP contribution in [-0.4, -0.2) is 15.3 Å². The average molecular weight is 282 g/mol. The van der Waals surface area contributed by atoms with Crippen molar-refractivity contribution in [3.8, 4) is 17.0 Å². The van der Waals surface area contributed by atoms with Crippen molar-refractivity contribution < 1.29 is 14.7 Å². The van der Waals surface area contributed by atoms with Crippen molar-refractivity contribution >= 4 is 11.0 Å². The molecule has 2 heterocycles. The van der Waals surface area contributed by atoms with Gasteiger partial charge < -0.3 is 14.7 Å². The molecule has 0 aliphatic heterocycles. The lowest BCUT2D eigenvalue weighted by molar-refractivity contribution is 0.302. The van der Waals surface area contributed by atoms with E-state index in [-0.39, 0.29) is 5.75 Å². The molecule has 5 heteroatoms. The summed E-state index contributed by atoms with van der Waals surface area (Å²) in [5, 5.41) is 23.7. The van der Waals surface area contributed by atoms with Crippen LogP contribution < -0.4 is 5.36 Å². The van der Waals surface area contributed by atoms with E-state index in [1.54, 1.807) is 19.2 Å². The lowest BCUT2D eigenvalue weighted by Crippen LogP contribution is -2.11. The van der Waals surface area contributed by atoms with Gasteiger partial charge in [0.2, 0.25) is 0 Å². The summed E-state index contributed by atoms with van der Waals surface area (Å²) in [4.78, 5) is 4.29. The zero-order valence-electron chi connectivity index (χ0n) is 11.7. The molecule has 5 nitrogen and oxygen atoms in total. The maximum Gasteiger partial charge on any atom is 0.140 e. The minimum Gasteiger partial charge on any atom is -0.508 e. The minimum atomic E-state index is 0.109. The van der Waals surface area contributed by atoms with Crippen LogP contribution in [0, 0.1) is 13.8 Å². The molecule has 0 fully saturated rings. The Morgan fingerprint density at radius 3 is 2.67 bits per heavy atom. The second kappa shape index (κ2) is 4.94. The SMILES string of the molecule is Cc1oc2cc(O)cc(C)c2c(=NO)c1-c1ccccn1. The second-order valence-electron chi connectivity index (χ2n) is 4.83. The number of aryl methyl sites for hydroxylation is 2. The van der Waals surface area contributed by atoms with Gasteiger partial charge in [0.1, 0.15) is 22.5 Å². The first-order chi connectivity index (χ1) is 10.1. The average Bonchev–Trinajstić information content (AvgIpc) is 2.46. The lowest BCUT2D eigenvalue weighted by atomic mass is 10.0. The fraction of sp³-hybridized carbons (Fsp3) is 0.125. The lowest BCUT2D eigenvalue weighted by Gasteiger charge is -2.10. The number of fused-ring (bicyclic) bond motifs is 1. The van der Waals surface area contributed by atoms with Crippen molar-refractivity contribution in [2.24, 2.45) is 5.16 Å². The standard InChI is InChI=1S/C16H14N2O3/c1-9-7-11(19)8-13-14(9)16(18-20)15(10(2)21-13)12-5-3-4-6-17-12/h3-8,19-20H,1-2H3. The van der Waals surface area contributed by atoms with Crippen molar-refractivity contribution in [2.75, 3.05) is 0 Å². The first kappa shape index (κ1) is 13.2. The number of benzene rings is 1. The predicted molar refractivity (Wildman–Crippen MR) is 77.9 cm³/mol. The number of phenolic OH excluding ortho intramolecular Hbond substituents is 1. The van der Waals surface area contributed by atoms with Gasteiger partial charge in [0.25, 0.3) is 0 Å². The highest BCUT2D eigenvalue weighted by Crippen LogP contribution is 2.27. The number of hydrogen-bond donors (Lipinski definition) is 2. The molecular formula is C16H14N2O3. The number of phenols is 1. The van der Waals surface area contributed by atoms with Crippen LogP contribution in [0.3, 0.4) is 0 Å². The van der Waals surface area contributed by atoms with Crippen LogP contribution in [0.4, 0.5) is 0 Å². The van der Waals surface area contributed by atoms with E-state index in [2.05, 4.69) is 10.1 Å². The Balaban J connectivity index is 2.51. The number of pyridine rings is 1. The zero-order chi connectivity index (χ0) is 15.0. The van der Waals surface area contributed by atoms with Crippen LogP contribution >= 0.6 is 0 Å².